The van der Waals surface area contributed by atoms with Crippen LogP contribution < -0.4 is 9.47 Å². The fraction of sp³-hybridized carbons (Fsp3) is 0.357. The molecule has 0 aliphatic carbocycles. The normalized spacial score (nSPS) is 10.5. The number of fused-ring (bicyclic) bond motifs is 1. The molecule has 0 N–H and O–H groups in total. The van der Waals surface area contributed by atoms with Gasteiger partial charge in [-0.05, 0) is 44.4 Å². The monoisotopic (exact) mass is 231 g/mol. The molecule has 2 rings (SSSR count). The fourth-order valence-corrected chi connectivity index (χ4v) is 1.80. The largest absolute Gasteiger partial charge is 0.490 e. The van der Waals surface area contributed by atoms with Crippen LogP contribution in [0.5, 0.6) is 11.5 Å². The molecule has 0 saturated carbocycles. The highest BCUT2D eigenvalue weighted by molar-refractivity contribution is 5.85. The Morgan fingerprint density at radius 1 is 0.941 bits per heavy atom. The first kappa shape index (κ1) is 11.7. The van der Waals surface area contributed by atoms with Crippen molar-refractivity contribution >= 4 is 10.8 Å². The van der Waals surface area contributed by atoms with Crippen molar-refractivity contribution in [2.45, 2.75) is 20.8 Å². The van der Waals surface area contributed by atoms with E-state index in [-0.39, 0.29) is 0 Å². The van der Waals surface area contributed by atoms with Crippen molar-refractivity contribution in [2.24, 2.45) is 0 Å². The third kappa shape index (κ3) is 2.49. The number of ether oxygens (including phenoxy) is 2. The van der Waals surface area contributed by atoms with Crippen LogP contribution in [0.1, 0.15) is 19.5 Å². The van der Waals surface area contributed by atoms with Gasteiger partial charge in [-0.2, -0.15) is 0 Å². The average molecular weight is 231 g/mol. The van der Waals surface area contributed by atoms with E-state index < -0.39 is 0 Å². The Balaban J connectivity index is 2.55. The third-order valence-corrected chi connectivity index (χ3v) is 2.52. The number of aromatic nitrogens is 1. The Morgan fingerprint density at radius 3 is 2.12 bits per heavy atom. The maximum absolute atomic E-state index is 5.59. The van der Waals surface area contributed by atoms with Crippen molar-refractivity contribution in [1.29, 1.82) is 0 Å². The van der Waals surface area contributed by atoms with Crippen LogP contribution in [0, 0.1) is 6.92 Å². The molecule has 0 amide bonds. The summed E-state index contributed by atoms with van der Waals surface area (Å²) in [4.78, 5) is 4.29. The minimum absolute atomic E-state index is 0.630. The maximum atomic E-state index is 5.59. The summed E-state index contributed by atoms with van der Waals surface area (Å²) in [6.07, 6.45) is 1.86. The number of hydrogen-bond donors (Lipinski definition) is 0. The van der Waals surface area contributed by atoms with E-state index in [1.54, 1.807) is 0 Å². The lowest BCUT2D eigenvalue weighted by molar-refractivity contribution is 0.288. The molecule has 0 atom stereocenters. The quantitative estimate of drug-likeness (QED) is 0.808. The summed E-state index contributed by atoms with van der Waals surface area (Å²) < 4.78 is 11.2. The second-order valence-electron chi connectivity index (χ2n) is 3.84. The molecule has 1 aromatic heterocycles. The van der Waals surface area contributed by atoms with Gasteiger partial charge in [-0.3, -0.25) is 4.98 Å². The van der Waals surface area contributed by atoms with Crippen LogP contribution in [0.2, 0.25) is 0 Å². The van der Waals surface area contributed by atoms with Crippen LogP contribution in [-0.4, -0.2) is 18.2 Å². The number of nitrogens with zero attached hydrogens (tertiary/aromatic N) is 1. The van der Waals surface area contributed by atoms with E-state index >= 15 is 0 Å². The standard InChI is InChI=1S/C14H17NO2/c1-4-16-13-7-11-6-10(3)15-9-12(11)8-14(13)17-5-2/h6-9H,4-5H2,1-3H3. The lowest BCUT2D eigenvalue weighted by atomic mass is 10.1. The van der Waals surface area contributed by atoms with Gasteiger partial charge in [0.2, 0.25) is 0 Å². The molecule has 2 aromatic rings. The summed E-state index contributed by atoms with van der Waals surface area (Å²) in [5, 5.41) is 2.20. The zero-order valence-electron chi connectivity index (χ0n) is 10.5. The molecule has 0 aliphatic rings. The van der Waals surface area contributed by atoms with Gasteiger partial charge in [0, 0.05) is 17.3 Å². The molecular weight excluding hydrogens is 214 g/mol. The molecule has 0 aliphatic heterocycles. The van der Waals surface area contributed by atoms with E-state index in [4.69, 9.17) is 9.47 Å². The minimum Gasteiger partial charge on any atom is -0.490 e. The first-order chi connectivity index (χ1) is 8.24. The molecule has 0 unspecified atom stereocenters. The summed E-state index contributed by atoms with van der Waals surface area (Å²) in [5.74, 6) is 1.58. The van der Waals surface area contributed by atoms with Gasteiger partial charge in [-0.15, -0.1) is 0 Å². The van der Waals surface area contributed by atoms with Crippen LogP contribution in [0.25, 0.3) is 10.8 Å². The highest BCUT2D eigenvalue weighted by Gasteiger charge is 2.07. The molecule has 3 nitrogen and oxygen atoms in total. The van der Waals surface area contributed by atoms with Crippen molar-refractivity contribution in [3.05, 3.63) is 30.1 Å². The Morgan fingerprint density at radius 2 is 1.53 bits per heavy atom. The summed E-state index contributed by atoms with van der Waals surface area (Å²) in [6, 6.07) is 6.04. The van der Waals surface area contributed by atoms with Gasteiger partial charge in [0.25, 0.3) is 0 Å². The average Bonchev–Trinajstić information content (AvgIpc) is 2.31. The first-order valence-electron chi connectivity index (χ1n) is 5.90. The van der Waals surface area contributed by atoms with E-state index in [1.165, 1.54) is 0 Å². The zero-order chi connectivity index (χ0) is 12.3. The molecular formula is C14H17NO2. The topological polar surface area (TPSA) is 31.4 Å². The smallest absolute Gasteiger partial charge is 0.161 e. The first-order valence-corrected chi connectivity index (χ1v) is 5.90. The van der Waals surface area contributed by atoms with Gasteiger partial charge in [-0.25, -0.2) is 0 Å². The molecule has 3 heteroatoms. The molecule has 1 heterocycles. The Kier molecular flexibility index (Phi) is 3.47. The molecule has 17 heavy (non-hydrogen) atoms. The van der Waals surface area contributed by atoms with Gasteiger partial charge in [-0.1, -0.05) is 0 Å². The van der Waals surface area contributed by atoms with Gasteiger partial charge in [0.05, 0.1) is 13.2 Å². The molecule has 90 valence electrons. The zero-order valence-corrected chi connectivity index (χ0v) is 10.5. The fourth-order valence-electron chi connectivity index (χ4n) is 1.80. The SMILES string of the molecule is CCOc1cc2cnc(C)cc2cc1OCC. The number of hydrogen-bond acceptors (Lipinski definition) is 3. The third-order valence-electron chi connectivity index (χ3n) is 2.52. The number of aryl methyl sites for hydroxylation is 1. The van der Waals surface area contributed by atoms with Gasteiger partial charge < -0.3 is 9.47 Å². The molecule has 0 saturated heterocycles. The summed E-state index contributed by atoms with van der Waals surface area (Å²) in [5.41, 5.74) is 1.00. The Bertz CT molecular complexity index is 523. The van der Waals surface area contributed by atoms with Crippen molar-refractivity contribution < 1.29 is 9.47 Å². The number of benzene rings is 1. The van der Waals surface area contributed by atoms with Crippen LogP contribution in [0.15, 0.2) is 24.4 Å². The second kappa shape index (κ2) is 5.04. The summed E-state index contributed by atoms with van der Waals surface area (Å²) in [7, 11) is 0. The van der Waals surface area contributed by atoms with E-state index in [2.05, 4.69) is 4.98 Å². The van der Waals surface area contributed by atoms with Crippen molar-refractivity contribution in [3.63, 3.8) is 0 Å². The highest BCUT2D eigenvalue weighted by Crippen LogP contribution is 2.32. The van der Waals surface area contributed by atoms with Crippen molar-refractivity contribution in [2.75, 3.05) is 13.2 Å². The highest BCUT2D eigenvalue weighted by atomic mass is 16.5. The lowest BCUT2D eigenvalue weighted by Gasteiger charge is -2.12. The van der Waals surface area contributed by atoms with E-state index in [0.29, 0.717) is 13.2 Å². The Labute approximate surface area is 101 Å². The predicted octanol–water partition coefficient (Wildman–Crippen LogP) is 3.34. The van der Waals surface area contributed by atoms with Gasteiger partial charge >= 0.3 is 0 Å². The van der Waals surface area contributed by atoms with Crippen molar-refractivity contribution in [1.82, 2.24) is 4.98 Å². The van der Waals surface area contributed by atoms with Crippen molar-refractivity contribution in [3.8, 4) is 11.5 Å². The minimum atomic E-state index is 0.630. The molecule has 1 aromatic carbocycles. The molecule has 0 spiro atoms. The van der Waals surface area contributed by atoms with E-state index in [9.17, 15) is 0 Å². The second-order valence-corrected chi connectivity index (χ2v) is 3.84. The van der Waals surface area contributed by atoms with Crippen LogP contribution in [0.4, 0.5) is 0 Å². The predicted molar refractivity (Wildman–Crippen MR) is 68.8 cm³/mol. The number of rotatable bonds is 4. The molecule has 0 fully saturated rings. The number of pyridine rings is 1. The van der Waals surface area contributed by atoms with Gasteiger partial charge in [0.1, 0.15) is 0 Å². The van der Waals surface area contributed by atoms with Crippen LogP contribution in [0.3, 0.4) is 0 Å². The summed E-state index contributed by atoms with van der Waals surface area (Å²) >= 11 is 0. The van der Waals surface area contributed by atoms with Crippen LogP contribution in [-0.2, 0) is 0 Å². The molecule has 0 bridgehead atoms. The Hall–Kier alpha value is -1.77. The molecule has 0 radical (unpaired) electrons. The summed E-state index contributed by atoms with van der Waals surface area (Å²) in [6.45, 7) is 7.18. The van der Waals surface area contributed by atoms with E-state index in [0.717, 1.165) is 28.0 Å². The lowest BCUT2D eigenvalue weighted by Crippen LogP contribution is -1.98. The van der Waals surface area contributed by atoms with Crippen LogP contribution >= 0.6 is 0 Å². The van der Waals surface area contributed by atoms with E-state index in [1.807, 2.05) is 45.2 Å². The van der Waals surface area contributed by atoms with Gasteiger partial charge in [0.15, 0.2) is 11.5 Å². The maximum Gasteiger partial charge on any atom is 0.161 e.